The van der Waals surface area contributed by atoms with Crippen LogP contribution in [0.1, 0.15) is 49.1 Å². The highest BCUT2D eigenvalue weighted by molar-refractivity contribution is 6.34. The molecule has 1 atom stereocenters. The Kier molecular flexibility index (Phi) is 6.30. The molecule has 3 aliphatic rings. The Hall–Kier alpha value is -2.57. The predicted octanol–water partition coefficient (Wildman–Crippen LogP) is 4.53. The van der Waals surface area contributed by atoms with E-state index in [1.165, 1.54) is 0 Å². The summed E-state index contributed by atoms with van der Waals surface area (Å²) >= 11 is 13.1. The van der Waals surface area contributed by atoms with Crippen molar-refractivity contribution in [1.29, 1.82) is 0 Å². The number of imide groups is 1. The van der Waals surface area contributed by atoms with Crippen LogP contribution >= 0.6 is 23.2 Å². The molecule has 0 radical (unpaired) electrons. The van der Waals surface area contributed by atoms with Crippen molar-refractivity contribution in [3.05, 3.63) is 63.6 Å². The van der Waals surface area contributed by atoms with E-state index in [0.717, 1.165) is 55.7 Å². The number of benzene rings is 2. The molecule has 3 heterocycles. The van der Waals surface area contributed by atoms with Crippen LogP contribution in [0.15, 0.2) is 42.5 Å². The van der Waals surface area contributed by atoms with Gasteiger partial charge in [0.15, 0.2) is 0 Å². The third-order valence-electron chi connectivity index (χ3n) is 7.60. The molecule has 178 valence electrons. The molecule has 1 unspecified atom stereocenters. The van der Waals surface area contributed by atoms with E-state index in [0.29, 0.717) is 29.4 Å². The van der Waals surface area contributed by atoms with E-state index >= 15 is 0 Å². The molecule has 3 fully saturated rings. The van der Waals surface area contributed by atoms with Gasteiger partial charge in [-0.15, -0.1) is 0 Å². The van der Waals surface area contributed by atoms with Crippen molar-refractivity contribution in [2.24, 2.45) is 5.41 Å². The molecule has 8 heteroatoms. The zero-order chi connectivity index (χ0) is 23.9. The molecule has 3 aliphatic heterocycles. The maximum atomic E-state index is 13.4. The first kappa shape index (κ1) is 23.2. The van der Waals surface area contributed by atoms with Crippen molar-refractivity contribution in [3.8, 4) is 0 Å². The first-order valence-corrected chi connectivity index (χ1v) is 12.5. The van der Waals surface area contributed by atoms with Crippen LogP contribution in [0.2, 0.25) is 10.0 Å². The van der Waals surface area contributed by atoms with Crippen molar-refractivity contribution in [1.82, 2.24) is 10.2 Å². The summed E-state index contributed by atoms with van der Waals surface area (Å²) in [7, 11) is 0. The molecule has 0 bridgehead atoms. The van der Waals surface area contributed by atoms with Crippen molar-refractivity contribution >= 4 is 46.6 Å². The summed E-state index contributed by atoms with van der Waals surface area (Å²) in [5, 5.41) is 3.67. The molecule has 0 aromatic heterocycles. The Morgan fingerprint density at radius 2 is 1.68 bits per heavy atom. The van der Waals surface area contributed by atoms with Gasteiger partial charge in [-0.05, 0) is 48.9 Å². The fourth-order valence-electron chi connectivity index (χ4n) is 5.56. The lowest BCUT2D eigenvalue weighted by Crippen LogP contribution is -2.44. The van der Waals surface area contributed by atoms with Gasteiger partial charge in [0.25, 0.3) is 0 Å². The highest BCUT2D eigenvalue weighted by Crippen LogP contribution is 2.45. The van der Waals surface area contributed by atoms with Crippen molar-refractivity contribution < 1.29 is 14.4 Å². The number of carbonyl (C=O) groups is 3. The number of hydrogen-bond acceptors (Lipinski definition) is 4. The third-order valence-corrected chi connectivity index (χ3v) is 8.38. The first-order chi connectivity index (χ1) is 16.4. The number of nitrogens with zero attached hydrogens (tertiary/aromatic N) is 2. The SMILES string of the molecule is O=C1CCC(c2cccc(N3CCC4(CCN(Cc5ccccc5Cl)C4=O)CC3)c2Cl)C(=O)N1. The van der Waals surface area contributed by atoms with Gasteiger partial charge in [-0.25, -0.2) is 0 Å². The van der Waals surface area contributed by atoms with Crippen LogP contribution in [0.25, 0.3) is 0 Å². The van der Waals surface area contributed by atoms with E-state index in [1.807, 2.05) is 47.4 Å². The molecule has 1 N–H and O–H groups in total. The summed E-state index contributed by atoms with van der Waals surface area (Å²) in [5.74, 6) is -0.728. The van der Waals surface area contributed by atoms with Crippen LogP contribution in [0, 0.1) is 5.41 Å². The number of anilines is 1. The smallest absolute Gasteiger partial charge is 0.234 e. The Morgan fingerprint density at radius 1 is 0.941 bits per heavy atom. The van der Waals surface area contributed by atoms with Crippen LogP contribution in [-0.4, -0.2) is 42.3 Å². The number of rotatable bonds is 4. The molecule has 0 aliphatic carbocycles. The summed E-state index contributed by atoms with van der Waals surface area (Å²) in [5.41, 5.74) is 2.29. The Bertz CT molecular complexity index is 1140. The minimum atomic E-state index is -0.420. The number of nitrogens with one attached hydrogen (secondary N) is 1. The molecule has 1 spiro atoms. The molecule has 3 amide bonds. The molecule has 0 saturated carbocycles. The van der Waals surface area contributed by atoms with E-state index in [-0.39, 0.29) is 23.1 Å². The van der Waals surface area contributed by atoms with Gasteiger partial charge in [0, 0.05) is 37.6 Å². The first-order valence-electron chi connectivity index (χ1n) is 11.8. The molecule has 5 rings (SSSR count). The van der Waals surface area contributed by atoms with E-state index in [4.69, 9.17) is 23.2 Å². The highest BCUT2D eigenvalue weighted by atomic mass is 35.5. The van der Waals surface area contributed by atoms with Crippen LogP contribution in [-0.2, 0) is 20.9 Å². The maximum absolute atomic E-state index is 13.4. The van der Waals surface area contributed by atoms with Gasteiger partial charge >= 0.3 is 0 Å². The predicted molar refractivity (Wildman–Crippen MR) is 132 cm³/mol. The lowest BCUT2D eigenvalue weighted by atomic mass is 9.77. The van der Waals surface area contributed by atoms with Gasteiger partial charge in [0.1, 0.15) is 0 Å². The minimum Gasteiger partial charge on any atom is -0.370 e. The van der Waals surface area contributed by atoms with Crippen LogP contribution < -0.4 is 10.2 Å². The van der Waals surface area contributed by atoms with Crippen LogP contribution in [0.5, 0.6) is 0 Å². The van der Waals surface area contributed by atoms with Gasteiger partial charge in [-0.2, -0.15) is 0 Å². The normalized spacial score (nSPS) is 22.4. The average molecular weight is 500 g/mol. The largest absolute Gasteiger partial charge is 0.370 e. The van der Waals surface area contributed by atoms with E-state index in [2.05, 4.69) is 10.2 Å². The van der Waals surface area contributed by atoms with Crippen molar-refractivity contribution in [2.75, 3.05) is 24.5 Å². The summed E-state index contributed by atoms with van der Waals surface area (Å²) < 4.78 is 0. The lowest BCUT2D eigenvalue weighted by Gasteiger charge is -2.39. The fraction of sp³-hybridized carbons (Fsp3) is 0.423. The molecule has 3 saturated heterocycles. The second-order valence-corrected chi connectivity index (χ2v) is 10.3. The summed E-state index contributed by atoms with van der Waals surface area (Å²) in [6.07, 6.45) is 3.17. The van der Waals surface area contributed by atoms with Gasteiger partial charge in [-0.1, -0.05) is 53.5 Å². The number of halogens is 2. The molecular weight excluding hydrogens is 473 g/mol. The summed E-state index contributed by atoms with van der Waals surface area (Å²) in [6.45, 7) is 2.74. The van der Waals surface area contributed by atoms with Gasteiger partial charge in [-0.3, -0.25) is 19.7 Å². The second-order valence-electron chi connectivity index (χ2n) is 9.52. The van der Waals surface area contributed by atoms with E-state index in [1.54, 1.807) is 0 Å². The Balaban J connectivity index is 1.28. The number of amides is 3. The van der Waals surface area contributed by atoms with Crippen molar-refractivity contribution in [3.63, 3.8) is 0 Å². The molecule has 2 aromatic rings. The van der Waals surface area contributed by atoms with Gasteiger partial charge in [0.05, 0.1) is 22.0 Å². The highest BCUT2D eigenvalue weighted by Gasteiger charge is 2.48. The monoisotopic (exact) mass is 499 g/mol. The van der Waals surface area contributed by atoms with E-state index < -0.39 is 5.92 Å². The van der Waals surface area contributed by atoms with Crippen LogP contribution in [0.4, 0.5) is 5.69 Å². The summed E-state index contributed by atoms with van der Waals surface area (Å²) in [6, 6.07) is 13.4. The zero-order valence-electron chi connectivity index (χ0n) is 18.9. The van der Waals surface area contributed by atoms with Gasteiger partial charge in [0.2, 0.25) is 17.7 Å². The molecule has 2 aromatic carbocycles. The number of carbonyl (C=O) groups excluding carboxylic acids is 3. The molecular formula is C26H27Cl2N3O3. The summed E-state index contributed by atoms with van der Waals surface area (Å²) in [4.78, 5) is 41.5. The number of likely N-dealkylation sites (tertiary alicyclic amines) is 1. The van der Waals surface area contributed by atoms with E-state index in [9.17, 15) is 14.4 Å². The number of hydrogen-bond donors (Lipinski definition) is 1. The lowest BCUT2D eigenvalue weighted by molar-refractivity contribution is -0.137. The number of piperidine rings is 2. The Labute approximate surface area is 209 Å². The third kappa shape index (κ3) is 4.18. The average Bonchev–Trinajstić information content (AvgIpc) is 3.12. The topological polar surface area (TPSA) is 69.7 Å². The van der Waals surface area contributed by atoms with Gasteiger partial charge < -0.3 is 9.80 Å². The van der Waals surface area contributed by atoms with Crippen molar-refractivity contribution in [2.45, 2.75) is 44.6 Å². The Morgan fingerprint density at radius 3 is 2.41 bits per heavy atom. The maximum Gasteiger partial charge on any atom is 0.234 e. The quantitative estimate of drug-likeness (QED) is 0.627. The zero-order valence-corrected chi connectivity index (χ0v) is 20.4. The molecule has 34 heavy (non-hydrogen) atoms. The van der Waals surface area contributed by atoms with Crippen LogP contribution in [0.3, 0.4) is 0 Å². The fourth-order valence-corrected chi connectivity index (χ4v) is 6.13. The second kappa shape index (κ2) is 9.23. The molecule has 6 nitrogen and oxygen atoms in total. The minimum absolute atomic E-state index is 0.218. The standard InChI is InChI=1S/C26H27Cl2N3O3/c27-20-6-2-1-4-17(20)16-31-15-12-26(25(31)34)10-13-30(14-11-26)21-7-3-5-18(23(21)28)19-8-9-22(32)29-24(19)33/h1-7,19H,8-16H2,(H,29,32,33).